The van der Waals surface area contributed by atoms with Gasteiger partial charge in [-0.2, -0.15) is 5.10 Å². The first kappa shape index (κ1) is 15.8. The number of fused-ring (bicyclic) bond motifs is 1. The van der Waals surface area contributed by atoms with Crippen molar-refractivity contribution in [2.24, 2.45) is 0 Å². The smallest absolute Gasteiger partial charge is 0.341 e. The molecular formula is C16H12ClN3O4. The zero-order chi connectivity index (χ0) is 17.1. The van der Waals surface area contributed by atoms with E-state index in [4.69, 9.17) is 21.4 Å². The molecule has 0 saturated heterocycles. The zero-order valence-electron chi connectivity index (χ0n) is 12.2. The third-order valence-corrected chi connectivity index (χ3v) is 3.52. The fraction of sp³-hybridized carbons (Fsp3) is 0.0625. The van der Waals surface area contributed by atoms with E-state index in [1.807, 2.05) is 18.2 Å². The van der Waals surface area contributed by atoms with Crippen LogP contribution in [0.4, 0.5) is 5.69 Å². The van der Waals surface area contributed by atoms with Crippen LogP contribution in [0.1, 0.15) is 10.5 Å². The lowest BCUT2D eigenvalue weighted by Gasteiger charge is -2.08. The summed E-state index contributed by atoms with van der Waals surface area (Å²) >= 11 is 6.03. The van der Waals surface area contributed by atoms with Crippen molar-refractivity contribution >= 4 is 40.1 Å². The van der Waals surface area contributed by atoms with Gasteiger partial charge in [0.15, 0.2) is 12.3 Å². The molecule has 1 aromatic heterocycles. The van der Waals surface area contributed by atoms with Gasteiger partial charge in [-0.15, -0.1) is 0 Å². The van der Waals surface area contributed by atoms with E-state index in [0.717, 1.165) is 5.52 Å². The number of amides is 1. The van der Waals surface area contributed by atoms with Crippen LogP contribution in [0.15, 0.2) is 42.5 Å². The molecule has 3 aromatic rings. The van der Waals surface area contributed by atoms with Gasteiger partial charge in [-0.1, -0.05) is 29.8 Å². The van der Waals surface area contributed by atoms with Gasteiger partial charge in [-0.3, -0.25) is 9.89 Å². The van der Waals surface area contributed by atoms with Crippen molar-refractivity contribution in [3.8, 4) is 5.75 Å². The molecule has 0 spiro atoms. The molecule has 122 valence electrons. The molecule has 0 bridgehead atoms. The highest BCUT2D eigenvalue weighted by Gasteiger charge is 2.14. The van der Waals surface area contributed by atoms with E-state index in [9.17, 15) is 9.59 Å². The minimum atomic E-state index is -1.10. The van der Waals surface area contributed by atoms with Gasteiger partial charge >= 0.3 is 5.97 Å². The Hall–Kier alpha value is -3.06. The van der Waals surface area contributed by atoms with Crippen LogP contribution in [-0.4, -0.2) is 33.8 Å². The number of carbonyl (C=O) groups is 2. The lowest BCUT2D eigenvalue weighted by Crippen LogP contribution is -2.13. The average molecular weight is 346 g/mol. The number of ether oxygens (including phenoxy) is 1. The third-order valence-electron chi connectivity index (χ3n) is 3.23. The summed E-state index contributed by atoms with van der Waals surface area (Å²) < 4.78 is 5.03. The number of aromatic amines is 1. The van der Waals surface area contributed by atoms with Gasteiger partial charge in [0.25, 0.3) is 5.91 Å². The summed E-state index contributed by atoms with van der Waals surface area (Å²) in [5, 5.41) is 19.0. The number of aromatic nitrogens is 2. The first-order valence-corrected chi connectivity index (χ1v) is 7.31. The number of rotatable bonds is 5. The van der Waals surface area contributed by atoms with Crippen LogP contribution in [0.3, 0.4) is 0 Å². The Labute approximate surface area is 141 Å². The summed E-state index contributed by atoms with van der Waals surface area (Å²) in [6.45, 7) is -0.495. The monoisotopic (exact) mass is 345 g/mol. The summed E-state index contributed by atoms with van der Waals surface area (Å²) in [5.74, 6) is -1.26. The predicted molar refractivity (Wildman–Crippen MR) is 88.6 cm³/mol. The first-order valence-electron chi connectivity index (χ1n) is 6.93. The van der Waals surface area contributed by atoms with Crippen molar-refractivity contribution in [1.29, 1.82) is 0 Å². The maximum Gasteiger partial charge on any atom is 0.341 e. The summed E-state index contributed by atoms with van der Waals surface area (Å²) in [7, 11) is 0. The van der Waals surface area contributed by atoms with Crippen LogP contribution in [0.25, 0.3) is 10.9 Å². The number of hydrogen-bond donors (Lipinski definition) is 3. The minimum absolute atomic E-state index is 0.195. The summed E-state index contributed by atoms with van der Waals surface area (Å²) in [6.07, 6.45) is 0. The second-order valence-electron chi connectivity index (χ2n) is 4.90. The van der Waals surface area contributed by atoms with Crippen molar-refractivity contribution in [3.05, 3.63) is 53.2 Å². The zero-order valence-corrected chi connectivity index (χ0v) is 13.0. The van der Waals surface area contributed by atoms with Crippen molar-refractivity contribution in [2.75, 3.05) is 11.9 Å². The van der Waals surface area contributed by atoms with Gasteiger partial charge in [-0.05, 0) is 24.3 Å². The Balaban J connectivity index is 1.77. The van der Waals surface area contributed by atoms with E-state index in [-0.39, 0.29) is 22.4 Å². The highest BCUT2D eigenvalue weighted by Crippen LogP contribution is 2.28. The minimum Gasteiger partial charge on any atom is -0.480 e. The number of carbonyl (C=O) groups excluding carboxylic acids is 1. The van der Waals surface area contributed by atoms with Gasteiger partial charge in [0, 0.05) is 11.1 Å². The molecule has 0 radical (unpaired) electrons. The number of aliphatic carboxylic acids is 1. The first-order chi connectivity index (χ1) is 11.5. The Morgan fingerprint density at radius 1 is 1.25 bits per heavy atom. The van der Waals surface area contributed by atoms with E-state index in [1.165, 1.54) is 12.1 Å². The predicted octanol–water partition coefficient (Wildman–Crippen LogP) is 2.93. The maximum absolute atomic E-state index is 12.4. The second kappa shape index (κ2) is 6.59. The van der Waals surface area contributed by atoms with E-state index < -0.39 is 12.6 Å². The van der Waals surface area contributed by atoms with Gasteiger partial charge < -0.3 is 15.2 Å². The molecule has 0 atom stereocenters. The number of hydrogen-bond acceptors (Lipinski definition) is 4. The van der Waals surface area contributed by atoms with Gasteiger partial charge in [-0.25, -0.2) is 4.79 Å². The molecule has 3 rings (SSSR count). The van der Waals surface area contributed by atoms with Crippen molar-refractivity contribution < 1.29 is 19.4 Å². The fourth-order valence-corrected chi connectivity index (χ4v) is 2.40. The molecule has 1 heterocycles. The molecule has 7 nitrogen and oxygen atoms in total. The summed E-state index contributed by atoms with van der Waals surface area (Å²) in [5.41, 5.74) is 1.48. The Kier molecular flexibility index (Phi) is 4.35. The summed E-state index contributed by atoms with van der Waals surface area (Å²) in [4.78, 5) is 22.9. The Morgan fingerprint density at radius 3 is 2.79 bits per heavy atom. The largest absolute Gasteiger partial charge is 0.480 e. The lowest BCUT2D eigenvalue weighted by molar-refractivity contribution is -0.139. The molecule has 1 amide bonds. The topological polar surface area (TPSA) is 104 Å². The molecular weight excluding hydrogens is 334 g/mol. The molecule has 0 saturated carbocycles. The van der Waals surface area contributed by atoms with Crippen molar-refractivity contribution in [2.45, 2.75) is 0 Å². The normalized spacial score (nSPS) is 10.5. The number of H-pyrrole nitrogens is 1. The molecule has 0 unspecified atom stereocenters. The van der Waals surface area contributed by atoms with Crippen LogP contribution in [0, 0.1) is 0 Å². The standard InChI is InChI=1S/C16H12ClN3O4/c17-11-7-9(5-6-13(11)24-8-14(21)22)18-16(23)15-10-3-1-2-4-12(10)19-20-15/h1-7H,8H2,(H,18,23)(H,19,20)(H,21,22). The Bertz CT molecular complexity index is 923. The highest BCUT2D eigenvalue weighted by molar-refractivity contribution is 6.32. The molecule has 8 heteroatoms. The molecule has 0 fully saturated rings. The molecule has 2 aromatic carbocycles. The number of carboxylic acid groups (broad SMARTS) is 1. The van der Waals surface area contributed by atoms with E-state index in [1.54, 1.807) is 12.1 Å². The maximum atomic E-state index is 12.4. The van der Waals surface area contributed by atoms with E-state index in [2.05, 4.69) is 15.5 Å². The van der Waals surface area contributed by atoms with E-state index in [0.29, 0.717) is 11.1 Å². The fourth-order valence-electron chi connectivity index (χ4n) is 2.16. The van der Waals surface area contributed by atoms with Crippen LogP contribution in [0.5, 0.6) is 5.75 Å². The number of nitrogens with one attached hydrogen (secondary N) is 2. The van der Waals surface area contributed by atoms with Crippen molar-refractivity contribution in [1.82, 2.24) is 10.2 Å². The van der Waals surface area contributed by atoms with Crippen LogP contribution in [0.2, 0.25) is 5.02 Å². The average Bonchev–Trinajstić information content (AvgIpc) is 2.98. The number of anilines is 1. The van der Waals surface area contributed by atoms with Crippen LogP contribution in [-0.2, 0) is 4.79 Å². The quantitative estimate of drug-likeness (QED) is 0.659. The molecule has 0 aliphatic carbocycles. The van der Waals surface area contributed by atoms with Gasteiger partial charge in [0.05, 0.1) is 10.5 Å². The molecule has 3 N–H and O–H groups in total. The number of nitrogens with zero attached hydrogens (tertiary/aromatic N) is 1. The van der Waals surface area contributed by atoms with Crippen LogP contribution >= 0.6 is 11.6 Å². The number of carboxylic acids is 1. The van der Waals surface area contributed by atoms with E-state index >= 15 is 0 Å². The number of benzene rings is 2. The van der Waals surface area contributed by atoms with Crippen LogP contribution < -0.4 is 10.1 Å². The lowest BCUT2D eigenvalue weighted by atomic mass is 10.2. The molecule has 0 aliphatic heterocycles. The van der Waals surface area contributed by atoms with Gasteiger partial charge in [0.2, 0.25) is 0 Å². The Morgan fingerprint density at radius 2 is 2.04 bits per heavy atom. The molecule has 0 aliphatic rings. The third kappa shape index (κ3) is 3.31. The second-order valence-corrected chi connectivity index (χ2v) is 5.31. The number of halogens is 1. The van der Waals surface area contributed by atoms with Gasteiger partial charge in [0.1, 0.15) is 5.75 Å². The summed E-state index contributed by atoms with van der Waals surface area (Å²) in [6, 6.07) is 11.8. The number of para-hydroxylation sites is 1. The highest BCUT2D eigenvalue weighted by atomic mass is 35.5. The SMILES string of the molecule is O=C(O)COc1ccc(NC(=O)c2n[nH]c3ccccc23)cc1Cl. The molecule has 24 heavy (non-hydrogen) atoms. The van der Waals surface area contributed by atoms with Crippen molar-refractivity contribution in [3.63, 3.8) is 0 Å².